The normalized spacial score (nSPS) is 11.8. The monoisotopic (exact) mass is 340 g/mol. The van der Waals surface area contributed by atoms with Gasteiger partial charge in [0, 0.05) is 6.42 Å². The van der Waals surface area contributed by atoms with Gasteiger partial charge in [-0.2, -0.15) is 0 Å². The Morgan fingerprint density at radius 1 is 0.875 bits per heavy atom. The number of rotatable bonds is 16. The molecule has 0 aromatic heterocycles. The molecule has 0 unspecified atom stereocenters. The van der Waals surface area contributed by atoms with Crippen LogP contribution in [0.25, 0.3) is 0 Å². The molecule has 0 aliphatic rings. The Morgan fingerprint density at radius 2 is 1.38 bits per heavy atom. The highest BCUT2D eigenvalue weighted by molar-refractivity contribution is 5.88. The molecule has 0 aromatic rings. The van der Waals surface area contributed by atoms with Crippen LogP contribution in [-0.2, 0) is 14.4 Å². The minimum Gasteiger partial charge on any atom is -0.348 e. The molecule has 0 bridgehead atoms. The Morgan fingerprint density at radius 3 is 1.88 bits per heavy atom. The van der Waals surface area contributed by atoms with Gasteiger partial charge >= 0.3 is 0 Å². The van der Waals surface area contributed by atoms with Crippen LogP contribution in [0.5, 0.6) is 0 Å². The molecule has 5 heteroatoms. The predicted molar refractivity (Wildman–Crippen MR) is 97.8 cm³/mol. The van der Waals surface area contributed by atoms with E-state index in [2.05, 4.69) is 17.6 Å². The van der Waals surface area contributed by atoms with E-state index in [0.29, 0.717) is 12.7 Å². The Kier molecular flexibility index (Phi) is 15.5. The number of carbonyl (C=O) groups excluding carboxylic acids is 3. The predicted octanol–water partition coefficient (Wildman–Crippen LogP) is 3.51. The largest absolute Gasteiger partial charge is 0.348 e. The average molecular weight is 341 g/mol. The number of unbranched alkanes of at least 4 members (excludes halogenated alkanes) is 10. The molecule has 0 aliphatic carbocycles. The molecular weight excluding hydrogens is 304 g/mol. The fourth-order valence-corrected chi connectivity index (χ4v) is 2.62. The average Bonchev–Trinajstić information content (AvgIpc) is 2.57. The number of hydrogen-bond donors (Lipinski definition) is 2. The molecule has 0 spiro atoms. The molecule has 5 nitrogen and oxygen atoms in total. The van der Waals surface area contributed by atoms with Gasteiger partial charge in [0.1, 0.15) is 12.3 Å². The smallest absolute Gasteiger partial charge is 0.242 e. The van der Waals surface area contributed by atoms with Crippen molar-refractivity contribution in [1.82, 2.24) is 10.6 Å². The van der Waals surface area contributed by atoms with E-state index in [-0.39, 0.29) is 18.4 Å². The van der Waals surface area contributed by atoms with Crippen molar-refractivity contribution >= 4 is 18.1 Å². The third-order valence-electron chi connectivity index (χ3n) is 4.14. The molecule has 0 aliphatic heterocycles. The van der Waals surface area contributed by atoms with E-state index < -0.39 is 6.04 Å². The second kappa shape index (κ2) is 16.5. The van der Waals surface area contributed by atoms with Crippen molar-refractivity contribution in [3.8, 4) is 0 Å². The van der Waals surface area contributed by atoms with Crippen LogP contribution >= 0.6 is 0 Å². The van der Waals surface area contributed by atoms with Gasteiger partial charge in [-0.15, -0.1) is 0 Å². The standard InChI is InChI=1S/C19H36N2O3/c1-3-4-5-6-7-8-9-10-11-12-13-14-18(23)21-17(2)19(24)20-15-16-22/h16-17H,3-15H2,1-2H3,(H,20,24)(H,21,23)/t17-/m0/s1. The third kappa shape index (κ3) is 14.2. The molecule has 0 radical (unpaired) electrons. The summed E-state index contributed by atoms with van der Waals surface area (Å²) in [6.45, 7) is 3.85. The quantitative estimate of drug-likeness (QED) is 0.333. The number of amides is 2. The first-order chi connectivity index (χ1) is 11.6. The number of aldehydes is 1. The maximum Gasteiger partial charge on any atom is 0.242 e. The van der Waals surface area contributed by atoms with Crippen LogP contribution < -0.4 is 10.6 Å². The lowest BCUT2D eigenvalue weighted by Crippen LogP contribution is -2.45. The Balaban J connectivity index is 3.42. The van der Waals surface area contributed by atoms with Crippen molar-refractivity contribution < 1.29 is 14.4 Å². The summed E-state index contributed by atoms with van der Waals surface area (Å²) >= 11 is 0. The Hall–Kier alpha value is -1.39. The molecule has 2 amide bonds. The second-order valence-electron chi connectivity index (χ2n) is 6.49. The maximum absolute atomic E-state index is 11.7. The van der Waals surface area contributed by atoms with E-state index in [1.165, 1.54) is 57.8 Å². The van der Waals surface area contributed by atoms with Gasteiger partial charge in [0.25, 0.3) is 0 Å². The molecule has 0 aromatic carbocycles. The van der Waals surface area contributed by atoms with Crippen LogP contribution in [-0.4, -0.2) is 30.7 Å². The molecule has 24 heavy (non-hydrogen) atoms. The first kappa shape index (κ1) is 22.6. The zero-order valence-electron chi connectivity index (χ0n) is 15.6. The highest BCUT2D eigenvalue weighted by atomic mass is 16.2. The molecule has 0 heterocycles. The molecule has 0 rings (SSSR count). The lowest BCUT2D eigenvalue weighted by molar-refractivity contribution is -0.129. The minimum absolute atomic E-state index is 0.0162. The zero-order valence-corrected chi connectivity index (χ0v) is 15.6. The van der Waals surface area contributed by atoms with Crippen molar-refractivity contribution in [2.24, 2.45) is 0 Å². The number of hydrogen-bond acceptors (Lipinski definition) is 3. The van der Waals surface area contributed by atoms with E-state index in [4.69, 9.17) is 0 Å². The van der Waals surface area contributed by atoms with Crippen molar-refractivity contribution in [3.63, 3.8) is 0 Å². The van der Waals surface area contributed by atoms with Crippen LogP contribution in [0.4, 0.5) is 0 Å². The van der Waals surface area contributed by atoms with Crippen LogP contribution in [0.15, 0.2) is 0 Å². The second-order valence-corrected chi connectivity index (χ2v) is 6.49. The molecule has 140 valence electrons. The van der Waals surface area contributed by atoms with Gasteiger partial charge in [-0.25, -0.2) is 0 Å². The number of nitrogens with one attached hydrogen (secondary N) is 2. The summed E-state index contributed by atoms with van der Waals surface area (Å²) < 4.78 is 0. The number of carbonyl (C=O) groups is 3. The highest BCUT2D eigenvalue weighted by Crippen LogP contribution is 2.11. The van der Waals surface area contributed by atoms with Crippen molar-refractivity contribution in [3.05, 3.63) is 0 Å². The topological polar surface area (TPSA) is 75.3 Å². The van der Waals surface area contributed by atoms with E-state index in [9.17, 15) is 14.4 Å². The van der Waals surface area contributed by atoms with E-state index in [0.717, 1.165) is 12.8 Å². The summed E-state index contributed by atoms with van der Waals surface area (Å²) in [5.41, 5.74) is 0. The van der Waals surface area contributed by atoms with Gasteiger partial charge in [0.2, 0.25) is 11.8 Å². The van der Waals surface area contributed by atoms with Crippen molar-refractivity contribution in [1.29, 1.82) is 0 Å². The Labute approximate surface area is 147 Å². The lowest BCUT2D eigenvalue weighted by atomic mass is 10.1. The van der Waals surface area contributed by atoms with Gasteiger partial charge in [-0.1, -0.05) is 71.1 Å². The fraction of sp³-hybridized carbons (Fsp3) is 0.842. The maximum atomic E-state index is 11.7. The van der Waals surface area contributed by atoms with Gasteiger partial charge < -0.3 is 15.4 Å². The summed E-state index contributed by atoms with van der Waals surface area (Å²) in [6.07, 6.45) is 14.8. The molecule has 0 fully saturated rings. The van der Waals surface area contributed by atoms with E-state index in [1.54, 1.807) is 6.92 Å². The van der Waals surface area contributed by atoms with E-state index in [1.807, 2.05) is 0 Å². The summed E-state index contributed by atoms with van der Waals surface area (Å²) in [7, 11) is 0. The molecule has 1 atom stereocenters. The summed E-state index contributed by atoms with van der Waals surface area (Å²) in [5, 5.41) is 5.08. The van der Waals surface area contributed by atoms with Crippen LogP contribution in [0.3, 0.4) is 0 Å². The summed E-state index contributed by atoms with van der Waals surface area (Å²) in [5.74, 6) is -0.422. The van der Waals surface area contributed by atoms with Gasteiger partial charge in [0.05, 0.1) is 6.54 Å². The SMILES string of the molecule is CCCCCCCCCCCCCC(=O)N[C@@H](C)C(=O)NCC=O. The first-order valence-electron chi connectivity index (χ1n) is 9.62. The van der Waals surface area contributed by atoms with E-state index >= 15 is 0 Å². The van der Waals surface area contributed by atoms with Gasteiger partial charge in [0.15, 0.2) is 0 Å². The van der Waals surface area contributed by atoms with Gasteiger partial charge in [-0.3, -0.25) is 9.59 Å². The fourth-order valence-electron chi connectivity index (χ4n) is 2.62. The Bertz CT molecular complexity index is 346. The molecule has 0 saturated carbocycles. The van der Waals surface area contributed by atoms with Gasteiger partial charge in [-0.05, 0) is 13.3 Å². The van der Waals surface area contributed by atoms with Crippen molar-refractivity contribution in [2.75, 3.05) is 6.54 Å². The minimum atomic E-state index is -0.592. The summed E-state index contributed by atoms with van der Waals surface area (Å²) in [4.78, 5) is 33.4. The first-order valence-corrected chi connectivity index (χ1v) is 9.62. The highest BCUT2D eigenvalue weighted by Gasteiger charge is 2.14. The van der Waals surface area contributed by atoms with Crippen LogP contribution in [0.2, 0.25) is 0 Å². The third-order valence-corrected chi connectivity index (χ3v) is 4.14. The van der Waals surface area contributed by atoms with Crippen LogP contribution in [0, 0.1) is 0 Å². The lowest BCUT2D eigenvalue weighted by Gasteiger charge is -2.12. The van der Waals surface area contributed by atoms with Crippen LogP contribution in [0.1, 0.15) is 90.9 Å². The molecule has 2 N–H and O–H groups in total. The summed E-state index contributed by atoms with van der Waals surface area (Å²) in [6, 6.07) is -0.592. The molecule has 0 saturated heterocycles. The van der Waals surface area contributed by atoms with Crippen molar-refractivity contribution in [2.45, 2.75) is 96.9 Å². The zero-order chi connectivity index (χ0) is 18.0. The molecular formula is C19H36N2O3.